The predicted molar refractivity (Wildman–Crippen MR) is 87.3 cm³/mol. The normalized spacial score (nSPS) is 19.2. The van der Waals surface area contributed by atoms with E-state index in [4.69, 9.17) is 5.73 Å². The summed E-state index contributed by atoms with van der Waals surface area (Å²) in [6.45, 7) is 2.28. The number of nitrogens with zero attached hydrogens (tertiary/aromatic N) is 1. The first kappa shape index (κ1) is 14.8. The zero-order valence-corrected chi connectivity index (χ0v) is 12.5. The monoisotopic (exact) mass is 295 g/mol. The Morgan fingerprint density at radius 3 is 2.09 bits per heavy atom. The molecule has 2 aromatic rings. The molecule has 0 aliphatic carbocycles. The van der Waals surface area contributed by atoms with E-state index in [0.29, 0.717) is 6.54 Å². The van der Waals surface area contributed by atoms with Crippen LogP contribution in [0.2, 0.25) is 0 Å². The van der Waals surface area contributed by atoms with Gasteiger partial charge in [-0.05, 0) is 11.1 Å². The molecular weight excluding hydrogens is 274 g/mol. The van der Waals surface area contributed by atoms with Crippen LogP contribution in [-0.4, -0.2) is 36.5 Å². The van der Waals surface area contributed by atoms with Crippen LogP contribution in [0.4, 0.5) is 0 Å². The van der Waals surface area contributed by atoms with Crippen LogP contribution in [0.1, 0.15) is 17.2 Å². The van der Waals surface area contributed by atoms with Crippen molar-refractivity contribution < 1.29 is 4.79 Å². The molecule has 0 saturated carbocycles. The Morgan fingerprint density at radius 2 is 1.59 bits per heavy atom. The molecule has 4 heteroatoms. The first-order chi connectivity index (χ1) is 10.8. The second-order valence-electron chi connectivity index (χ2n) is 5.63. The van der Waals surface area contributed by atoms with Crippen LogP contribution >= 0.6 is 0 Å². The summed E-state index contributed by atoms with van der Waals surface area (Å²) in [4.78, 5) is 13.9. The largest absolute Gasteiger partial charge is 0.368 e. The maximum absolute atomic E-state index is 11.5. The number of carbonyl (C=O) groups excluding carboxylic acids is 1. The first-order valence-corrected chi connectivity index (χ1v) is 7.62. The van der Waals surface area contributed by atoms with Gasteiger partial charge >= 0.3 is 0 Å². The Bertz CT molecular complexity index is 575. The summed E-state index contributed by atoms with van der Waals surface area (Å²) in [5, 5.41) is 3.19. The van der Waals surface area contributed by atoms with Crippen LogP contribution in [0, 0.1) is 0 Å². The molecule has 4 nitrogen and oxygen atoms in total. The van der Waals surface area contributed by atoms with Crippen molar-refractivity contribution in [1.82, 2.24) is 10.2 Å². The maximum Gasteiger partial charge on any atom is 0.235 e. The third kappa shape index (κ3) is 3.18. The summed E-state index contributed by atoms with van der Waals surface area (Å²) >= 11 is 0. The molecule has 1 unspecified atom stereocenters. The van der Waals surface area contributed by atoms with Gasteiger partial charge in [0.1, 0.15) is 0 Å². The predicted octanol–water partition coefficient (Wildman–Crippen LogP) is 1.54. The maximum atomic E-state index is 11.5. The molecule has 1 saturated heterocycles. The average Bonchev–Trinajstić information content (AvgIpc) is 2.57. The number of amides is 1. The Balaban J connectivity index is 1.94. The molecule has 1 aliphatic heterocycles. The Labute approximate surface area is 130 Å². The molecule has 0 bridgehead atoms. The number of nitrogens with two attached hydrogens (primary N) is 1. The Morgan fingerprint density at radius 1 is 1.05 bits per heavy atom. The van der Waals surface area contributed by atoms with Crippen LogP contribution in [0.3, 0.4) is 0 Å². The van der Waals surface area contributed by atoms with Gasteiger partial charge < -0.3 is 11.1 Å². The smallest absolute Gasteiger partial charge is 0.235 e. The van der Waals surface area contributed by atoms with Crippen molar-refractivity contribution in [2.75, 3.05) is 19.6 Å². The first-order valence-electron chi connectivity index (χ1n) is 7.62. The third-order valence-electron chi connectivity index (χ3n) is 4.15. The van der Waals surface area contributed by atoms with Crippen LogP contribution < -0.4 is 11.1 Å². The zero-order valence-electron chi connectivity index (χ0n) is 12.5. The number of rotatable bonds is 4. The molecule has 3 rings (SSSR count). The molecule has 114 valence electrons. The Kier molecular flexibility index (Phi) is 4.51. The SMILES string of the molecule is NC(=O)C1CN(C(c2ccccc2)c2ccccc2)CCN1. The average molecular weight is 295 g/mol. The van der Waals surface area contributed by atoms with Gasteiger partial charge in [-0.2, -0.15) is 0 Å². The highest BCUT2D eigenvalue weighted by Gasteiger charge is 2.29. The van der Waals surface area contributed by atoms with Gasteiger partial charge in [0, 0.05) is 19.6 Å². The molecule has 1 amide bonds. The second kappa shape index (κ2) is 6.73. The van der Waals surface area contributed by atoms with Gasteiger partial charge in [-0.3, -0.25) is 9.69 Å². The van der Waals surface area contributed by atoms with E-state index in [0.717, 1.165) is 13.1 Å². The van der Waals surface area contributed by atoms with Gasteiger partial charge in [-0.15, -0.1) is 0 Å². The molecule has 1 fully saturated rings. The molecular formula is C18H21N3O. The second-order valence-corrected chi connectivity index (χ2v) is 5.63. The van der Waals surface area contributed by atoms with E-state index in [1.165, 1.54) is 11.1 Å². The van der Waals surface area contributed by atoms with E-state index in [1.807, 2.05) is 12.1 Å². The molecule has 1 atom stereocenters. The van der Waals surface area contributed by atoms with Crippen molar-refractivity contribution in [2.24, 2.45) is 5.73 Å². The standard InChI is InChI=1S/C18H21N3O/c19-18(22)16-13-21(12-11-20-16)17(14-7-3-1-4-8-14)15-9-5-2-6-10-15/h1-10,16-17,20H,11-13H2,(H2,19,22). The van der Waals surface area contributed by atoms with Crippen LogP contribution in [-0.2, 0) is 4.79 Å². The lowest BCUT2D eigenvalue weighted by atomic mass is 9.96. The fourth-order valence-corrected chi connectivity index (χ4v) is 3.08. The van der Waals surface area contributed by atoms with Crippen molar-refractivity contribution in [2.45, 2.75) is 12.1 Å². The summed E-state index contributed by atoms with van der Waals surface area (Å²) in [7, 11) is 0. The van der Waals surface area contributed by atoms with Crippen LogP contribution in [0.15, 0.2) is 60.7 Å². The van der Waals surface area contributed by atoms with E-state index < -0.39 is 0 Å². The van der Waals surface area contributed by atoms with E-state index in [-0.39, 0.29) is 18.0 Å². The lowest BCUT2D eigenvalue weighted by Gasteiger charge is -2.38. The van der Waals surface area contributed by atoms with Gasteiger partial charge in [0.25, 0.3) is 0 Å². The fourth-order valence-electron chi connectivity index (χ4n) is 3.08. The summed E-state index contributed by atoms with van der Waals surface area (Å²) in [6.07, 6.45) is 0. The minimum atomic E-state index is -0.288. The van der Waals surface area contributed by atoms with Crippen LogP contribution in [0.5, 0.6) is 0 Å². The zero-order chi connectivity index (χ0) is 15.4. The number of piperazine rings is 1. The van der Waals surface area contributed by atoms with Crippen molar-refractivity contribution in [3.63, 3.8) is 0 Å². The Hall–Kier alpha value is -2.17. The number of carbonyl (C=O) groups is 1. The minimum Gasteiger partial charge on any atom is -0.368 e. The van der Waals surface area contributed by atoms with Crippen molar-refractivity contribution >= 4 is 5.91 Å². The summed E-state index contributed by atoms with van der Waals surface area (Å²) in [5.74, 6) is -0.287. The van der Waals surface area contributed by atoms with Crippen molar-refractivity contribution in [1.29, 1.82) is 0 Å². The molecule has 2 aromatic carbocycles. The van der Waals surface area contributed by atoms with Gasteiger partial charge in [0.05, 0.1) is 12.1 Å². The number of hydrogen-bond donors (Lipinski definition) is 2. The highest BCUT2D eigenvalue weighted by atomic mass is 16.1. The lowest BCUT2D eigenvalue weighted by molar-refractivity contribution is -0.121. The summed E-state index contributed by atoms with van der Waals surface area (Å²) < 4.78 is 0. The molecule has 22 heavy (non-hydrogen) atoms. The molecule has 0 spiro atoms. The van der Waals surface area contributed by atoms with Gasteiger partial charge in [0.2, 0.25) is 5.91 Å². The highest BCUT2D eigenvalue weighted by molar-refractivity contribution is 5.80. The van der Waals surface area contributed by atoms with E-state index in [9.17, 15) is 4.79 Å². The van der Waals surface area contributed by atoms with Crippen molar-refractivity contribution in [3.05, 3.63) is 71.8 Å². The van der Waals surface area contributed by atoms with Gasteiger partial charge in [-0.1, -0.05) is 60.7 Å². The molecule has 1 heterocycles. The van der Waals surface area contributed by atoms with Crippen molar-refractivity contribution in [3.8, 4) is 0 Å². The van der Waals surface area contributed by atoms with E-state index in [2.05, 4.69) is 58.7 Å². The highest BCUT2D eigenvalue weighted by Crippen LogP contribution is 2.29. The molecule has 0 aromatic heterocycles. The molecule has 1 aliphatic rings. The number of nitrogens with one attached hydrogen (secondary N) is 1. The summed E-state index contributed by atoms with van der Waals surface area (Å²) in [5.41, 5.74) is 7.95. The molecule has 0 radical (unpaired) electrons. The number of primary amides is 1. The topological polar surface area (TPSA) is 58.4 Å². The fraction of sp³-hybridized carbons (Fsp3) is 0.278. The third-order valence-corrected chi connectivity index (χ3v) is 4.15. The summed E-state index contributed by atoms with van der Waals surface area (Å²) in [6, 6.07) is 20.7. The minimum absolute atomic E-state index is 0.145. The van der Waals surface area contributed by atoms with Gasteiger partial charge in [0.15, 0.2) is 0 Å². The van der Waals surface area contributed by atoms with Gasteiger partial charge in [-0.25, -0.2) is 0 Å². The number of hydrogen-bond acceptors (Lipinski definition) is 3. The van der Waals surface area contributed by atoms with Crippen LogP contribution in [0.25, 0.3) is 0 Å². The quantitative estimate of drug-likeness (QED) is 0.899. The lowest BCUT2D eigenvalue weighted by Crippen LogP contribution is -2.56. The van der Waals surface area contributed by atoms with E-state index >= 15 is 0 Å². The molecule has 3 N–H and O–H groups in total. The van der Waals surface area contributed by atoms with E-state index in [1.54, 1.807) is 0 Å². The number of benzene rings is 2.